The highest BCUT2D eigenvalue weighted by atomic mass is 16.5. The molecule has 1 heterocycles. The molecular formula is C20H26O4. The number of rotatable bonds is 4. The second-order valence-corrected chi connectivity index (χ2v) is 8.00. The minimum absolute atomic E-state index is 0.0590. The van der Waals surface area contributed by atoms with Gasteiger partial charge in [-0.2, -0.15) is 0 Å². The first-order valence-electron chi connectivity index (χ1n) is 8.86. The lowest BCUT2D eigenvalue weighted by Crippen LogP contribution is -2.55. The lowest BCUT2D eigenvalue weighted by Gasteiger charge is -2.56. The van der Waals surface area contributed by atoms with Gasteiger partial charge in [0.2, 0.25) is 0 Å². The molecule has 4 atom stereocenters. The maximum Gasteiger partial charge on any atom is 0.334 e. The molecule has 2 fully saturated rings. The van der Waals surface area contributed by atoms with E-state index < -0.39 is 5.41 Å². The number of ketones is 1. The zero-order valence-electron chi connectivity index (χ0n) is 14.6. The molecule has 1 unspecified atom stereocenters. The van der Waals surface area contributed by atoms with Crippen LogP contribution in [0.3, 0.4) is 0 Å². The van der Waals surface area contributed by atoms with Crippen molar-refractivity contribution in [2.45, 2.75) is 52.4 Å². The van der Waals surface area contributed by atoms with E-state index in [0.29, 0.717) is 19.4 Å². The van der Waals surface area contributed by atoms with Gasteiger partial charge in [-0.1, -0.05) is 19.1 Å². The van der Waals surface area contributed by atoms with Gasteiger partial charge in [-0.3, -0.25) is 4.79 Å². The van der Waals surface area contributed by atoms with E-state index >= 15 is 0 Å². The maximum absolute atomic E-state index is 12.4. The molecule has 4 nitrogen and oxygen atoms in total. The van der Waals surface area contributed by atoms with E-state index in [4.69, 9.17) is 4.74 Å². The number of Topliss-reactive ketones (excluding diaryl/α,β-unsaturated/α-hetero) is 1. The van der Waals surface area contributed by atoms with Gasteiger partial charge in [0.25, 0.3) is 0 Å². The zero-order chi connectivity index (χ0) is 17.5. The molecule has 1 aliphatic heterocycles. The minimum atomic E-state index is -0.877. The van der Waals surface area contributed by atoms with Crippen LogP contribution in [-0.2, 0) is 19.1 Å². The highest BCUT2D eigenvalue weighted by Gasteiger charge is 2.57. The third-order valence-corrected chi connectivity index (χ3v) is 6.81. The smallest absolute Gasteiger partial charge is 0.334 e. The van der Waals surface area contributed by atoms with Gasteiger partial charge in [0.15, 0.2) is 0 Å². The Balaban J connectivity index is 1.85. The van der Waals surface area contributed by atoms with Gasteiger partial charge >= 0.3 is 5.97 Å². The van der Waals surface area contributed by atoms with Crippen LogP contribution in [0.4, 0.5) is 0 Å². The maximum atomic E-state index is 12.4. The van der Waals surface area contributed by atoms with Crippen molar-refractivity contribution in [1.82, 2.24) is 0 Å². The first kappa shape index (κ1) is 17.1. The fourth-order valence-corrected chi connectivity index (χ4v) is 5.30. The van der Waals surface area contributed by atoms with Crippen LogP contribution in [0.2, 0.25) is 0 Å². The molecule has 0 amide bonds. The fourth-order valence-electron chi connectivity index (χ4n) is 5.30. The van der Waals surface area contributed by atoms with E-state index in [2.05, 4.69) is 13.5 Å². The van der Waals surface area contributed by atoms with Crippen molar-refractivity contribution in [2.24, 2.45) is 22.7 Å². The molecule has 130 valence electrons. The van der Waals surface area contributed by atoms with Crippen molar-refractivity contribution in [3.05, 3.63) is 23.8 Å². The summed E-state index contributed by atoms with van der Waals surface area (Å²) in [6.07, 6.45) is 7.19. The minimum Gasteiger partial charge on any atom is -0.458 e. The summed E-state index contributed by atoms with van der Waals surface area (Å²) < 4.78 is 4.98. The standard InChI is InChI=1S/C20H26O4/c1-13-4-7-16-19(2,10-8-17(22)20(16,3)12-21)15(13)6-5-14-9-11-24-18(14)23/h9,12,15-16H,1,4-8,10-11H2,2-3H3/t15-,16?,19+,20+/m1/s1. The third kappa shape index (κ3) is 2.47. The molecule has 0 bridgehead atoms. The van der Waals surface area contributed by atoms with E-state index in [-0.39, 0.29) is 29.0 Å². The normalized spacial score (nSPS) is 39.2. The molecule has 3 rings (SSSR count). The quantitative estimate of drug-likeness (QED) is 0.343. The van der Waals surface area contributed by atoms with E-state index in [1.807, 2.05) is 13.0 Å². The molecule has 0 saturated heterocycles. The Labute approximate surface area is 143 Å². The topological polar surface area (TPSA) is 60.4 Å². The summed E-state index contributed by atoms with van der Waals surface area (Å²) in [5, 5.41) is 0. The van der Waals surface area contributed by atoms with Crippen LogP contribution in [0.1, 0.15) is 52.4 Å². The molecule has 2 saturated carbocycles. The van der Waals surface area contributed by atoms with Crippen molar-refractivity contribution >= 4 is 18.0 Å². The molecule has 0 aromatic rings. The molecule has 24 heavy (non-hydrogen) atoms. The Hall–Kier alpha value is -1.71. The van der Waals surface area contributed by atoms with Crippen LogP contribution in [-0.4, -0.2) is 24.6 Å². The number of ether oxygens (including phenoxy) is 1. The van der Waals surface area contributed by atoms with Gasteiger partial charge < -0.3 is 9.53 Å². The van der Waals surface area contributed by atoms with Crippen LogP contribution in [0.25, 0.3) is 0 Å². The molecule has 0 aromatic heterocycles. The largest absolute Gasteiger partial charge is 0.458 e. The third-order valence-electron chi connectivity index (χ3n) is 6.81. The van der Waals surface area contributed by atoms with Crippen LogP contribution < -0.4 is 0 Å². The summed E-state index contributed by atoms with van der Waals surface area (Å²) in [5.74, 6) is 0.157. The Morgan fingerprint density at radius 1 is 1.33 bits per heavy atom. The summed E-state index contributed by atoms with van der Waals surface area (Å²) in [6, 6.07) is 0. The monoisotopic (exact) mass is 330 g/mol. The second-order valence-electron chi connectivity index (χ2n) is 8.00. The molecule has 4 heteroatoms. The Morgan fingerprint density at radius 3 is 2.71 bits per heavy atom. The highest BCUT2D eigenvalue weighted by molar-refractivity contribution is 5.99. The van der Waals surface area contributed by atoms with Crippen molar-refractivity contribution < 1.29 is 19.1 Å². The van der Waals surface area contributed by atoms with Crippen molar-refractivity contribution in [3.8, 4) is 0 Å². The number of carbonyl (C=O) groups is 3. The number of allylic oxidation sites excluding steroid dienone is 1. The van der Waals surface area contributed by atoms with Gasteiger partial charge in [0.1, 0.15) is 18.7 Å². The predicted octanol–water partition coefficient (Wildman–Crippen LogP) is 3.41. The first-order chi connectivity index (χ1) is 11.3. The molecular weight excluding hydrogens is 304 g/mol. The number of hydrogen-bond acceptors (Lipinski definition) is 4. The molecule has 0 N–H and O–H groups in total. The second kappa shape index (κ2) is 5.98. The average molecular weight is 330 g/mol. The lowest BCUT2D eigenvalue weighted by molar-refractivity contribution is -0.151. The molecule has 0 aromatic carbocycles. The predicted molar refractivity (Wildman–Crippen MR) is 90.1 cm³/mol. The van der Waals surface area contributed by atoms with Crippen LogP contribution in [0.5, 0.6) is 0 Å². The number of esters is 1. The highest BCUT2D eigenvalue weighted by Crippen LogP contribution is 2.60. The van der Waals surface area contributed by atoms with Crippen LogP contribution in [0, 0.1) is 22.7 Å². The summed E-state index contributed by atoms with van der Waals surface area (Å²) in [5.41, 5.74) is 0.960. The molecule has 2 aliphatic carbocycles. The summed E-state index contributed by atoms with van der Waals surface area (Å²) in [6.45, 7) is 8.67. The van der Waals surface area contributed by atoms with Crippen molar-refractivity contribution in [1.29, 1.82) is 0 Å². The van der Waals surface area contributed by atoms with Crippen LogP contribution >= 0.6 is 0 Å². The van der Waals surface area contributed by atoms with Crippen molar-refractivity contribution in [2.75, 3.05) is 6.61 Å². The molecule has 0 spiro atoms. The lowest BCUT2D eigenvalue weighted by atomic mass is 9.46. The number of aldehydes is 1. The summed E-state index contributed by atoms with van der Waals surface area (Å²) in [4.78, 5) is 35.9. The van der Waals surface area contributed by atoms with Gasteiger partial charge in [0.05, 0.1) is 5.41 Å². The van der Waals surface area contributed by atoms with E-state index in [1.165, 1.54) is 5.57 Å². The SMILES string of the molecule is C=C1CCC2[C@](C)(C=O)C(=O)CC[C@@]2(C)[C@@H]1CCC1=CCOC1=O. The Morgan fingerprint density at radius 2 is 2.08 bits per heavy atom. The van der Waals surface area contributed by atoms with E-state index in [9.17, 15) is 14.4 Å². The van der Waals surface area contributed by atoms with Crippen LogP contribution in [0.15, 0.2) is 23.8 Å². The molecule has 3 aliphatic rings. The van der Waals surface area contributed by atoms with Gasteiger partial charge in [-0.05, 0) is 62.4 Å². The van der Waals surface area contributed by atoms with E-state index in [0.717, 1.165) is 37.5 Å². The number of fused-ring (bicyclic) bond motifs is 1. The van der Waals surface area contributed by atoms with Gasteiger partial charge in [0, 0.05) is 12.0 Å². The zero-order valence-corrected chi connectivity index (χ0v) is 14.6. The Bertz CT molecular complexity index is 632. The average Bonchev–Trinajstić information content (AvgIpc) is 2.96. The first-order valence-corrected chi connectivity index (χ1v) is 8.86. The fraction of sp³-hybridized carbons (Fsp3) is 0.650. The molecule has 0 radical (unpaired) electrons. The number of hydrogen-bond donors (Lipinski definition) is 0. The van der Waals surface area contributed by atoms with Gasteiger partial charge in [-0.15, -0.1) is 0 Å². The van der Waals surface area contributed by atoms with E-state index in [1.54, 1.807) is 0 Å². The summed E-state index contributed by atoms with van der Waals surface area (Å²) in [7, 11) is 0. The Kier molecular flexibility index (Phi) is 4.27. The number of carbonyl (C=O) groups excluding carboxylic acids is 3. The van der Waals surface area contributed by atoms with Gasteiger partial charge in [-0.25, -0.2) is 4.79 Å². The number of cyclic esters (lactones) is 1. The van der Waals surface area contributed by atoms with Crippen molar-refractivity contribution in [3.63, 3.8) is 0 Å². The summed E-state index contributed by atoms with van der Waals surface area (Å²) >= 11 is 0.